The number of esters is 2. The van der Waals surface area contributed by atoms with Gasteiger partial charge in [-0.05, 0) is 31.4 Å². The lowest BCUT2D eigenvalue weighted by Crippen LogP contribution is -2.13. The Bertz CT molecular complexity index is 670. The highest BCUT2D eigenvalue weighted by Gasteiger charge is 2.19. The Morgan fingerprint density at radius 1 is 0.588 bits per heavy atom. The fraction of sp³-hybridized carbons (Fsp3) is 0.724. The van der Waals surface area contributed by atoms with Crippen LogP contribution in [0.15, 0.2) is 18.2 Å². The van der Waals surface area contributed by atoms with E-state index in [0.29, 0.717) is 25.2 Å². The topological polar surface area (TPSA) is 61.8 Å². The molecule has 0 amide bonds. The second-order valence-corrected chi connectivity index (χ2v) is 9.12. The quantitative estimate of drug-likeness (QED) is 0.101. The first-order chi connectivity index (χ1) is 16.6. The highest BCUT2D eigenvalue weighted by molar-refractivity contribution is 5.77. The zero-order chi connectivity index (χ0) is 24.9. The molecule has 0 radical (unpaired) electrons. The molecule has 0 saturated carbocycles. The van der Waals surface area contributed by atoms with Crippen LogP contribution in [-0.2, 0) is 9.59 Å². The first-order valence-corrected chi connectivity index (χ1v) is 13.8. The van der Waals surface area contributed by atoms with E-state index in [0.717, 1.165) is 64.2 Å². The van der Waals surface area contributed by atoms with Crippen molar-refractivity contribution < 1.29 is 23.8 Å². The van der Waals surface area contributed by atoms with E-state index in [2.05, 4.69) is 20.8 Å². The third kappa shape index (κ3) is 14.3. The van der Waals surface area contributed by atoms with Gasteiger partial charge in [0.25, 0.3) is 0 Å². The summed E-state index contributed by atoms with van der Waals surface area (Å²) in [5, 5.41) is 0. The second-order valence-electron chi connectivity index (χ2n) is 9.12. The van der Waals surface area contributed by atoms with Crippen LogP contribution in [0.1, 0.15) is 130 Å². The van der Waals surface area contributed by atoms with Crippen molar-refractivity contribution in [3.63, 3.8) is 0 Å². The number of benzene rings is 1. The van der Waals surface area contributed by atoms with Crippen molar-refractivity contribution in [3.8, 4) is 17.2 Å². The summed E-state index contributed by atoms with van der Waals surface area (Å²) in [6.07, 6.45) is 17.1. The van der Waals surface area contributed by atoms with Crippen LogP contribution in [0.25, 0.3) is 0 Å². The Morgan fingerprint density at radius 3 is 1.65 bits per heavy atom. The summed E-state index contributed by atoms with van der Waals surface area (Å²) in [5.74, 6) is 0.334. The third-order valence-corrected chi connectivity index (χ3v) is 5.86. The van der Waals surface area contributed by atoms with E-state index in [-0.39, 0.29) is 23.4 Å². The predicted octanol–water partition coefficient (Wildman–Crippen LogP) is 8.57. The van der Waals surface area contributed by atoms with E-state index in [9.17, 15) is 9.59 Å². The average molecular weight is 477 g/mol. The fourth-order valence-corrected chi connectivity index (χ4v) is 3.76. The number of hydrogen-bond acceptors (Lipinski definition) is 5. The molecule has 0 aliphatic carbocycles. The fourth-order valence-electron chi connectivity index (χ4n) is 3.76. The molecule has 0 bridgehead atoms. The number of carbonyl (C=O) groups excluding carboxylic acids is 2. The summed E-state index contributed by atoms with van der Waals surface area (Å²) < 4.78 is 17.3. The summed E-state index contributed by atoms with van der Waals surface area (Å²) in [4.78, 5) is 24.9. The highest BCUT2D eigenvalue weighted by atomic mass is 16.6. The molecular formula is C29H48O5. The van der Waals surface area contributed by atoms with Crippen molar-refractivity contribution in [2.75, 3.05) is 6.61 Å². The molecule has 5 nitrogen and oxygen atoms in total. The Hall–Kier alpha value is -2.04. The van der Waals surface area contributed by atoms with Crippen molar-refractivity contribution in [2.24, 2.45) is 0 Å². The molecular weight excluding hydrogens is 428 g/mol. The first kappa shape index (κ1) is 30.0. The molecule has 1 rings (SSSR count). The molecule has 194 valence electrons. The van der Waals surface area contributed by atoms with Gasteiger partial charge in [-0.15, -0.1) is 0 Å². The lowest BCUT2D eigenvalue weighted by Gasteiger charge is -2.15. The molecule has 0 unspecified atom stereocenters. The van der Waals surface area contributed by atoms with Crippen LogP contribution in [0.5, 0.6) is 17.2 Å². The van der Waals surface area contributed by atoms with Crippen LogP contribution in [-0.4, -0.2) is 18.5 Å². The first-order valence-electron chi connectivity index (χ1n) is 13.8. The molecule has 5 heteroatoms. The molecule has 0 aliphatic heterocycles. The van der Waals surface area contributed by atoms with Crippen LogP contribution in [0, 0.1) is 0 Å². The van der Waals surface area contributed by atoms with Crippen LogP contribution < -0.4 is 14.2 Å². The molecule has 1 aromatic carbocycles. The Balaban J connectivity index is 2.71. The molecule has 0 heterocycles. The number of ether oxygens (including phenoxy) is 3. The summed E-state index contributed by atoms with van der Waals surface area (Å²) in [5.41, 5.74) is 0. The van der Waals surface area contributed by atoms with Gasteiger partial charge in [0.05, 0.1) is 6.61 Å². The zero-order valence-corrected chi connectivity index (χ0v) is 22.0. The van der Waals surface area contributed by atoms with Gasteiger partial charge >= 0.3 is 11.9 Å². The SMILES string of the molecule is CCCCCCCCCOc1cccc(OC(=O)CCCCCC)c1OC(=O)CCCCCC. The zero-order valence-electron chi connectivity index (χ0n) is 22.0. The molecule has 0 spiro atoms. The monoisotopic (exact) mass is 476 g/mol. The molecule has 0 saturated heterocycles. The predicted molar refractivity (Wildman–Crippen MR) is 139 cm³/mol. The Morgan fingerprint density at radius 2 is 1.06 bits per heavy atom. The minimum atomic E-state index is -0.316. The van der Waals surface area contributed by atoms with E-state index in [1.807, 2.05) is 0 Å². The highest BCUT2D eigenvalue weighted by Crippen LogP contribution is 2.38. The van der Waals surface area contributed by atoms with Crippen LogP contribution in [0.3, 0.4) is 0 Å². The number of rotatable bonds is 21. The second kappa shape index (κ2) is 20.3. The number of para-hydroxylation sites is 1. The van der Waals surface area contributed by atoms with Gasteiger partial charge in [-0.2, -0.15) is 0 Å². The maximum atomic E-state index is 12.5. The number of unbranched alkanes of at least 4 members (excludes halogenated alkanes) is 12. The van der Waals surface area contributed by atoms with Crippen molar-refractivity contribution in [1.82, 2.24) is 0 Å². The maximum absolute atomic E-state index is 12.5. The molecule has 34 heavy (non-hydrogen) atoms. The Labute approximate surface area is 207 Å². The minimum absolute atomic E-state index is 0.229. The Kier molecular flexibility index (Phi) is 17.9. The molecule has 0 fully saturated rings. The molecule has 1 aromatic rings. The molecule has 0 N–H and O–H groups in total. The van der Waals surface area contributed by atoms with Crippen molar-refractivity contribution >= 4 is 11.9 Å². The standard InChI is InChI=1S/C29H48O5/c1-4-7-10-13-14-15-18-24-32-25-20-19-21-26(33-27(30)22-16-11-8-5-2)29(25)34-28(31)23-17-12-9-6-3/h19-21H,4-18,22-24H2,1-3H3. The van der Waals surface area contributed by atoms with Gasteiger partial charge in [-0.1, -0.05) is 104 Å². The maximum Gasteiger partial charge on any atom is 0.311 e. The lowest BCUT2D eigenvalue weighted by molar-refractivity contribution is -0.137. The normalized spacial score (nSPS) is 10.8. The van der Waals surface area contributed by atoms with E-state index >= 15 is 0 Å². The van der Waals surface area contributed by atoms with Gasteiger partial charge in [0.15, 0.2) is 11.5 Å². The largest absolute Gasteiger partial charge is 0.490 e. The molecule has 0 aliphatic rings. The molecule has 0 atom stereocenters. The summed E-state index contributed by atoms with van der Waals surface area (Å²) in [6, 6.07) is 5.22. The lowest BCUT2D eigenvalue weighted by atomic mass is 10.1. The number of carbonyl (C=O) groups is 2. The number of hydrogen-bond donors (Lipinski definition) is 0. The van der Waals surface area contributed by atoms with E-state index in [4.69, 9.17) is 14.2 Å². The molecule has 0 aromatic heterocycles. The average Bonchev–Trinajstić information content (AvgIpc) is 2.83. The van der Waals surface area contributed by atoms with Crippen molar-refractivity contribution in [2.45, 2.75) is 130 Å². The van der Waals surface area contributed by atoms with Crippen LogP contribution >= 0.6 is 0 Å². The van der Waals surface area contributed by atoms with E-state index in [1.54, 1.807) is 18.2 Å². The summed E-state index contributed by atoms with van der Waals surface area (Å²) in [6.45, 7) is 7.05. The van der Waals surface area contributed by atoms with Gasteiger partial charge in [0.2, 0.25) is 5.75 Å². The van der Waals surface area contributed by atoms with Crippen LogP contribution in [0.2, 0.25) is 0 Å². The van der Waals surface area contributed by atoms with Gasteiger partial charge in [0, 0.05) is 12.8 Å². The third-order valence-electron chi connectivity index (χ3n) is 5.86. The minimum Gasteiger partial charge on any atom is -0.490 e. The summed E-state index contributed by atoms with van der Waals surface area (Å²) in [7, 11) is 0. The van der Waals surface area contributed by atoms with Gasteiger partial charge in [-0.3, -0.25) is 9.59 Å². The van der Waals surface area contributed by atoms with E-state index < -0.39 is 0 Å². The van der Waals surface area contributed by atoms with Gasteiger partial charge in [0.1, 0.15) is 0 Å². The van der Waals surface area contributed by atoms with E-state index in [1.165, 1.54) is 32.1 Å². The van der Waals surface area contributed by atoms with Gasteiger partial charge in [-0.25, -0.2) is 0 Å². The van der Waals surface area contributed by atoms with Gasteiger partial charge < -0.3 is 14.2 Å². The van der Waals surface area contributed by atoms with Crippen LogP contribution in [0.4, 0.5) is 0 Å². The van der Waals surface area contributed by atoms with Crippen molar-refractivity contribution in [1.29, 1.82) is 0 Å². The van der Waals surface area contributed by atoms with Crippen molar-refractivity contribution in [3.05, 3.63) is 18.2 Å². The summed E-state index contributed by atoms with van der Waals surface area (Å²) >= 11 is 0. The smallest absolute Gasteiger partial charge is 0.311 e.